The second-order valence-corrected chi connectivity index (χ2v) is 8.32. The van der Waals surface area contributed by atoms with Gasteiger partial charge in [0, 0.05) is 0 Å². The van der Waals surface area contributed by atoms with E-state index in [1.807, 2.05) is 0 Å². The number of carbonyl (C=O) groups is 2. The molecule has 0 bridgehead atoms. The third kappa shape index (κ3) is 5.27. The van der Waals surface area contributed by atoms with Crippen molar-refractivity contribution >= 4 is 11.9 Å². The second kappa shape index (κ2) is 10.1. The molecule has 0 aromatic carbocycles. The molecule has 0 aliphatic rings. The van der Waals surface area contributed by atoms with Gasteiger partial charge in [-0.15, -0.1) is 0 Å². The van der Waals surface area contributed by atoms with Crippen molar-refractivity contribution in [2.75, 3.05) is 0 Å². The van der Waals surface area contributed by atoms with Crippen LogP contribution in [-0.2, 0) is 14.3 Å². The third-order valence-electron chi connectivity index (χ3n) is 4.83. The van der Waals surface area contributed by atoms with Crippen LogP contribution >= 0.6 is 0 Å². The molecule has 0 radical (unpaired) electrons. The van der Waals surface area contributed by atoms with E-state index in [-0.39, 0.29) is 19.9 Å². The Balaban J connectivity index is 6.98. The van der Waals surface area contributed by atoms with Crippen molar-refractivity contribution in [1.82, 2.24) is 5.32 Å². The average Bonchev–Trinajstić information content (AvgIpc) is 2.76. The van der Waals surface area contributed by atoms with Gasteiger partial charge in [-0.25, -0.2) is 4.79 Å². The van der Waals surface area contributed by atoms with E-state index >= 15 is 0 Å². The van der Waals surface area contributed by atoms with Gasteiger partial charge in [-0.1, -0.05) is 6.58 Å². The predicted octanol–water partition coefficient (Wildman–Crippen LogP) is 6.85. The lowest BCUT2D eigenvalue weighted by Gasteiger charge is -2.44. The molecule has 0 saturated heterocycles. The highest BCUT2D eigenvalue weighted by Gasteiger charge is 2.98. The average molecular weight is 675 g/mol. The molecule has 0 rings (SSSR count). The Hall–Kier alpha value is -2.79. The minimum Gasteiger partial charge on any atom is -0.394 e. The van der Waals surface area contributed by atoms with E-state index in [2.05, 4.69) is 11.3 Å². The van der Waals surface area contributed by atoms with Crippen LogP contribution in [0.25, 0.3) is 0 Å². The minimum absolute atomic E-state index is 0.239. The van der Waals surface area contributed by atoms with Gasteiger partial charge >= 0.3 is 65.6 Å². The molecule has 42 heavy (non-hydrogen) atoms. The summed E-state index contributed by atoms with van der Waals surface area (Å²) in [5.41, 5.74) is -3.04. The van der Waals surface area contributed by atoms with Crippen LogP contribution in [0.5, 0.6) is 0 Å². The van der Waals surface area contributed by atoms with Crippen LogP contribution in [0, 0.1) is 0 Å². The van der Waals surface area contributed by atoms with Crippen LogP contribution < -0.4 is 5.32 Å². The van der Waals surface area contributed by atoms with Crippen molar-refractivity contribution in [1.29, 1.82) is 0 Å². The molecule has 0 saturated carbocycles. The normalized spacial score (nSPS) is 15.8. The van der Waals surface area contributed by atoms with E-state index in [1.165, 1.54) is 5.32 Å². The van der Waals surface area contributed by atoms with Gasteiger partial charge in [-0.3, -0.25) is 4.79 Å². The Labute approximate surface area is 216 Å². The van der Waals surface area contributed by atoms with E-state index in [9.17, 15) is 102 Å². The fraction of sp³-hybridized carbons (Fsp3) is 0.765. The highest BCUT2D eigenvalue weighted by Crippen LogP contribution is 2.66. The van der Waals surface area contributed by atoms with Crippen LogP contribution in [0.1, 0.15) is 13.8 Å². The quantitative estimate of drug-likeness (QED) is 0.140. The van der Waals surface area contributed by atoms with Crippen LogP contribution in [0.4, 0.5) is 92.2 Å². The number of hydrogen-bond acceptors (Lipinski definition) is 3. The Morgan fingerprint density at radius 2 is 0.786 bits per heavy atom. The van der Waals surface area contributed by atoms with Crippen LogP contribution in [0.3, 0.4) is 0 Å². The fourth-order valence-corrected chi connectivity index (χ4v) is 2.26. The zero-order valence-electron chi connectivity index (χ0n) is 19.4. The molecule has 0 fully saturated rings. The van der Waals surface area contributed by atoms with Crippen LogP contribution in [0.2, 0.25) is 0 Å². The summed E-state index contributed by atoms with van der Waals surface area (Å²) in [4.78, 5) is 22.7. The summed E-state index contributed by atoms with van der Waals surface area (Å²) in [6.45, 7) is 3.22. The largest absolute Gasteiger partial charge is 0.473 e. The van der Waals surface area contributed by atoms with E-state index in [0.29, 0.717) is 0 Å². The van der Waals surface area contributed by atoms with E-state index in [4.69, 9.17) is 0 Å². The molecular weight excluding hydrogens is 665 g/mol. The second-order valence-electron chi connectivity index (χ2n) is 8.32. The summed E-state index contributed by atoms with van der Waals surface area (Å²) in [5.74, 6) is -76.5. The number of rotatable bonds is 12. The molecule has 25 heteroatoms. The van der Waals surface area contributed by atoms with Gasteiger partial charge in [0.1, 0.15) is 5.54 Å². The topological polar surface area (TPSA) is 55.4 Å². The molecule has 0 aliphatic heterocycles. The summed E-state index contributed by atoms with van der Waals surface area (Å²) in [6.07, 6.45) is -15.4. The maximum Gasteiger partial charge on any atom is 0.473 e. The van der Waals surface area contributed by atoms with E-state index in [0.717, 1.165) is 0 Å². The molecule has 1 amide bonds. The number of ether oxygens (including phenoxy) is 1. The number of halogens is 21. The first kappa shape index (κ1) is 39.2. The maximum absolute atomic E-state index is 13.8. The van der Waals surface area contributed by atoms with Crippen molar-refractivity contribution in [2.45, 2.75) is 79.1 Å². The van der Waals surface area contributed by atoms with Gasteiger partial charge < -0.3 is 10.1 Å². The summed E-state index contributed by atoms with van der Waals surface area (Å²) in [6, 6.07) is 0. The Morgan fingerprint density at radius 1 is 0.524 bits per heavy atom. The zero-order valence-corrected chi connectivity index (χ0v) is 19.4. The van der Waals surface area contributed by atoms with Gasteiger partial charge in [0.15, 0.2) is 0 Å². The number of alkyl halides is 21. The van der Waals surface area contributed by atoms with Crippen molar-refractivity contribution in [3.05, 3.63) is 12.7 Å². The van der Waals surface area contributed by atoms with Crippen molar-refractivity contribution in [3.63, 3.8) is 0 Å². The molecule has 0 aliphatic carbocycles. The summed E-state index contributed by atoms with van der Waals surface area (Å²) < 4.78 is 282. The molecule has 0 aromatic heterocycles. The smallest absolute Gasteiger partial charge is 0.394 e. The van der Waals surface area contributed by atoms with Crippen molar-refractivity contribution < 1.29 is 107 Å². The SMILES string of the molecule is C=CC(=O)NC(C)(C)C(=O)OC(F)(F)C(F)(F)C(F)(F)C(F)(F)C(F)(F)C(F)(F)C(F)(F)C(F)(F)C(F)(F)C(F)(F)F. The minimum atomic E-state index is -9.32. The van der Waals surface area contributed by atoms with Crippen LogP contribution in [0.15, 0.2) is 12.7 Å². The maximum atomic E-state index is 13.8. The Bertz CT molecular complexity index is 1060. The molecule has 0 aromatic rings. The predicted molar refractivity (Wildman–Crippen MR) is 89.1 cm³/mol. The third-order valence-corrected chi connectivity index (χ3v) is 4.83. The Morgan fingerprint density at radius 3 is 1.05 bits per heavy atom. The number of esters is 1. The van der Waals surface area contributed by atoms with Crippen molar-refractivity contribution in [3.8, 4) is 0 Å². The summed E-state index contributed by atoms with van der Waals surface area (Å²) >= 11 is 0. The fourth-order valence-electron chi connectivity index (χ4n) is 2.26. The highest BCUT2D eigenvalue weighted by molar-refractivity contribution is 5.92. The van der Waals surface area contributed by atoms with E-state index in [1.54, 1.807) is 0 Å². The van der Waals surface area contributed by atoms with Gasteiger partial charge in [0.05, 0.1) is 0 Å². The first-order valence-corrected chi connectivity index (χ1v) is 9.48. The molecule has 0 heterocycles. The standard InChI is InChI=1S/C17H10F21NO3/c1-4-5(40)39-7(2,3)6(41)42-17(37,38)15(32,33)13(28,29)11(24,25)9(20,21)8(18,19)10(22,23)12(26,27)14(30,31)16(34,35)36/h4H,1H2,2-3H3,(H,39,40). The first-order valence-electron chi connectivity index (χ1n) is 9.48. The number of hydrogen-bond donors (Lipinski definition) is 1. The van der Waals surface area contributed by atoms with Gasteiger partial charge in [-0.2, -0.15) is 92.2 Å². The van der Waals surface area contributed by atoms with Crippen LogP contribution in [-0.4, -0.2) is 77.1 Å². The first-order chi connectivity index (χ1) is 17.8. The molecule has 0 unspecified atom stereocenters. The summed E-state index contributed by atoms with van der Waals surface area (Å²) in [5, 5.41) is 1.29. The lowest BCUT2D eigenvalue weighted by Crippen LogP contribution is -2.77. The molecule has 0 atom stereocenters. The molecule has 4 nitrogen and oxygen atoms in total. The molecule has 248 valence electrons. The molecule has 1 N–H and O–H groups in total. The number of amides is 1. The van der Waals surface area contributed by atoms with Gasteiger partial charge in [0.25, 0.3) is 0 Å². The Kier molecular flexibility index (Phi) is 9.47. The highest BCUT2D eigenvalue weighted by atomic mass is 19.4. The molecular formula is C17H10F21NO3. The zero-order chi connectivity index (χ0) is 34.8. The van der Waals surface area contributed by atoms with E-state index < -0.39 is 77.1 Å². The van der Waals surface area contributed by atoms with Gasteiger partial charge in [0.2, 0.25) is 5.91 Å². The molecule has 0 spiro atoms. The summed E-state index contributed by atoms with van der Waals surface area (Å²) in [7, 11) is 0. The monoisotopic (exact) mass is 675 g/mol. The lowest BCUT2D eigenvalue weighted by atomic mass is 9.87. The van der Waals surface area contributed by atoms with Crippen molar-refractivity contribution in [2.24, 2.45) is 0 Å². The lowest BCUT2D eigenvalue weighted by molar-refractivity contribution is -0.482. The number of nitrogens with one attached hydrogen (secondary N) is 1. The van der Waals surface area contributed by atoms with Gasteiger partial charge in [-0.05, 0) is 19.9 Å². The number of carbonyl (C=O) groups excluding carboxylic acids is 2.